The van der Waals surface area contributed by atoms with Crippen molar-refractivity contribution in [1.82, 2.24) is 9.97 Å². The van der Waals surface area contributed by atoms with E-state index in [1.807, 2.05) is 36.4 Å². The molecule has 166 valence electrons. The van der Waals surface area contributed by atoms with Crippen LogP contribution in [0.15, 0.2) is 64.5 Å². The lowest BCUT2D eigenvalue weighted by Crippen LogP contribution is -2.43. The Morgan fingerprint density at radius 2 is 1.88 bits per heavy atom. The van der Waals surface area contributed by atoms with Crippen LogP contribution in [0.4, 0.5) is 17.5 Å². The third kappa shape index (κ3) is 5.49. The monoisotopic (exact) mass is 450 g/mol. The molecule has 3 aromatic rings. The van der Waals surface area contributed by atoms with Gasteiger partial charge in [0.25, 0.3) is 5.91 Å². The number of primary amides is 1. The van der Waals surface area contributed by atoms with E-state index in [0.717, 1.165) is 41.2 Å². The van der Waals surface area contributed by atoms with Crippen LogP contribution in [0.3, 0.4) is 0 Å². The van der Waals surface area contributed by atoms with E-state index in [2.05, 4.69) is 20.6 Å². The van der Waals surface area contributed by atoms with Crippen LogP contribution in [0.1, 0.15) is 36.0 Å². The molecule has 2 unspecified atom stereocenters. The van der Waals surface area contributed by atoms with Crippen molar-refractivity contribution in [2.75, 3.05) is 10.6 Å². The number of nitrogens with two attached hydrogens (primary N) is 2. The second-order valence-electron chi connectivity index (χ2n) is 7.77. The lowest BCUT2D eigenvalue weighted by Gasteiger charge is -2.29. The molecule has 4 rings (SSSR count). The van der Waals surface area contributed by atoms with Gasteiger partial charge in [0.2, 0.25) is 5.95 Å². The number of nitrogens with zero attached hydrogens (tertiary/aromatic N) is 2. The number of benzene rings is 2. The summed E-state index contributed by atoms with van der Waals surface area (Å²) in [6, 6.07) is 14.9. The second-order valence-corrected chi connectivity index (χ2v) is 8.92. The molecule has 8 nitrogen and oxygen atoms in total. The van der Waals surface area contributed by atoms with E-state index in [-0.39, 0.29) is 23.4 Å². The van der Waals surface area contributed by atoms with Crippen molar-refractivity contribution in [3.05, 3.63) is 60.3 Å². The quantitative estimate of drug-likeness (QED) is 0.366. The van der Waals surface area contributed by atoms with Gasteiger partial charge in [-0.3, -0.25) is 4.79 Å². The van der Waals surface area contributed by atoms with Gasteiger partial charge in [-0.1, -0.05) is 30.7 Å². The van der Waals surface area contributed by atoms with Crippen LogP contribution in [0.5, 0.6) is 5.75 Å². The number of nitrogens with one attached hydrogen (secondary N) is 2. The number of carbonyl (C=O) groups excluding carboxylic acids is 1. The fourth-order valence-electron chi connectivity index (χ4n) is 3.66. The van der Waals surface area contributed by atoms with Gasteiger partial charge < -0.3 is 27.2 Å². The third-order valence-electron chi connectivity index (χ3n) is 5.36. The van der Waals surface area contributed by atoms with Crippen LogP contribution in [0.25, 0.3) is 0 Å². The number of aromatic nitrogens is 2. The third-order valence-corrected chi connectivity index (χ3v) is 6.35. The summed E-state index contributed by atoms with van der Waals surface area (Å²) in [6.07, 6.45) is 5.60. The first-order valence-electron chi connectivity index (χ1n) is 10.5. The molecule has 1 aliphatic carbocycles. The highest BCUT2D eigenvalue weighted by Crippen LogP contribution is 2.31. The predicted octanol–water partition coefficient (Wildman–Crippen LogP) is 3.86. The van der Waals surface area contributed by atoms with Gasteiger partial charge in [-0.25, -0.2) is 4.98 Å². The summed E-state index contributed by atoms with van der Waals surface area (Å²) in [7, 11) is 0. The fraction of sp³-hybridized carbons (Fsp3) is 0.261. The molecule has 0 radical (unpaired) electrons. The highest BCUT2D eigenvalue weighted by Gasteiger charge is 2.23. The lowest BCUT2D eigenvalue weighted by molar-refractivity contribution is 0.100. The molecular formula is C23H26N6O2S. The van der Waals surface area contributed by atoms with Crippen LogP contribution in [-0.4, -0.2) is 33.1 Å². The summed E-state index contributed by atoms with van der Waals surface area (Å²) in [6.45, 7) is 0. The Morgan fingerprint density at radius 1 is 1.09 bits per heavy atom. The lowest BCUT2D eigenvalue weighted by atomic mass is 9.91. The van der Waals surface area contributed by atoms with Crippen molar-refractivity contribution in [2.45, 2.75) is 47.6 Å². The minimum atomic E-state index is -0.608. The van der Waals surface area contributed by atoms with Crippen molar-refractivity contribution in [2.24, 2.45) is 11.5 Å². The van der Waals surface area contributed by atoms with Crippen molar-refractivity contribution >= 4 is 35.1 Å². The molecule has 1 fully saturated rings. The largest absolute Gasteiger partial charge is 0.508 e. The number of anilines is 3. The Morgan fingerprint density at radius 3 is 2.62 bits per heavy atom. The molecule has 1 heterocycles. The Hall–Kier alpha value is -3.30. The number of phenolic OH excluding ortho intramolecular Hbond substituents is 1. The maximum absolute atomic E-state index is 11.9. The highest BCUT2D eigenvalue weighted by molar-refractivity contribution is 7.99. The van der Waals surface area contributed by atoms with E-state index in [1.54, 1.807) is 23.9 Å². The summed E-state index contributed by atoms with van der Waals surface area (Å²) < 4.78 is 0. The van der Waals surface area contributed by atoms with E-state index in [4.69, 9.17) is 11.5 Å². The zero-order valence-corrected chi connectivity index (χ0v) is 18.3. The zero-order chi connectivity index (χ0) is 22.5. The number of hydrogen-bond donors (Lipinski definition) is 5. The maximum Gasteiger partial charge on any atom is 0.254 e. The van der Waals surface area contributed by atoms with Gasteiger partial charge in [-0.15, -0.1) is 0 Å². The Balaban J connectivity index is 1.54. The minimum Gasteiger partial charge on any atom is -0.508 e. The molecule has 32 heavy (non-hydrogen) atoms. The molecule has 0 aliphatic heterocycles. The SMILES string of the molecule is NC(=O)c1cnc(NC2CCCCC2N)nc1Nc1cccc(Sc2ccc(O)cc2)c1. The van der Waals surface area contributed by atoms with E-state index < -0.39 is 5.91 Å². The van der Waals surface area contributed by atoms with Crippen LogP contribution in [-0.2, 0) is 0 Å². The molecule has 2 atom stereocenters. The van der Waals surface area contributed by atoms with Gasteiger partial charge in [-0.2, -0.15) is 4.98 Å². The maximum atomic E-state index is 11.9. The molecule has 9 heteroatoms. The minimum absolute atomic E-state index is 0.0492. The summed E-state index contributed by atoms with van der Waals surface area (Å²) in [5.74, 6) is 0.370. The number of hydrogen-bond acceptors (Lipinski definition) is 8. The van der Waals surface area contributed by atoms with E-state index in [9.17, 15) is 9.90 Å². The van der Waals surface area contributed by atoms with Crippen molar-refractivity contribution in [1.29, 1.82) is 0 Å². The molecule has 0 bridgehead atoms. The topological polar surface area (TPSA) is 139 Å². The summed E-state index contributed by atoms with van der Waals surface area (Å²) in [5, 5.41) is 16.0. The smallest absolute Gasteiger partial charge is 0.254 e. The van der Waals surface area contributed by atoms with Crippen molar-refractivity contribution < 1.29 is 9.90 Å². The van der Waals surface area contributed by atoms with Crippen LogP contribution in [0, 0.1) is 0 Å². The molecule has 1 aliphatic rings. The number of rotatable bonds is 7. The molecule has 1 saturated carbocycles. The first-order chi connectivity index (χ1) is 15.5. The number of aromatic hydroxyl groups is 1. The molecule has 2 aromatic carbocycles. The molecular weight excluding hydrogens is 424 g/mol. The molecule has 7 N–H and O–H groups in total. The van der Waals surface area contributed by atoms with Gasteiger partial charge in [0.1, 0.15) is 17.1 Å². The zero-order valence-electron chi connectivity index (χ0n) is 17.5. The Labute approximate surface area is 190 Å². The van der Waals surface area contributed by atoms with Crippen molar-refractivity contribution in [3.8, 4) is 5.75 Å². The van der Waals surface area contributed by atoms with Gasteiger partial charge in [-0.05, 0) is 55.3 Å². The van der Waals surface area contributed by atoms with Crippen molar-refractivity contribution in [3.63, 3.8) is 0 Å². The Kier molecular flexibility index (Phi) is 6.77. The Bertz CT molecular complexity index is 1090. The average Bonchev–Trinajstić information content (AvgIpc) is 2.77. The summed E-state index contributed by atoms with van der Waals surface area (Å²) in [4.78, 5) is 22.7. The van der Waals surface area contributed by atoms with E-state index in [1.165, 1.54) is 6.20 Å². The molecule has 0 saturated heterocycles. The molecule has 0 spiro atoms. The van der Waals surface area contributed by atoms with E-state index >= 15 is 0 Å². The summed E-state index contributed by atoms with van der Waals surface area (Å²) >= 11 is 1.56. The normalized spacial score (nSPS) is 18.2. The average molecular weight is 451 g/mol. The standard InChI is InChI=1S/C23H26N6O2S/c24-19-6-1-2-7-20(19)28-23-26-13-18(21(25)31)22(29-23)27-14-4-3-5-17(12-14)32-16-10-8-15(30)9-11-16/h3-5,8-13,19-20,30H,1-2,6-7,24H2,(H2,25,31)(H2,26,27,28,29). The first kappa shape index (κ1) is 21.9. The first-order valence-corrected chi connectivity index (χ1v) is 11.3. The van der Waals surface area contributed by atoms with Gasteiger partial charge in [0, 0.05) is 33.8 Å². The molecule has 1 amide bonds. The molecule has 1 aromatic heterocycles. The van der Waals surface area contributed by atoms with Crippen LogP contribution >= 0.6 is 11.8 Å². The van der Waals surface area contributed by atoms with Gasteiger partial charge in [0.15, 0.2) is 0 Å². The number of amides is 1. The second kappa shape index (κ2) is 9.88. The van der Waals surface area contributed by atoms with Crippen LogP contribution in [0.2, 0.25) is 0 Å². The van der Waals surface area contributed by atoms with Gasteiger partial charge >= 0.3 is 0 Å². The summed E-state index contributed by atoms with van der Waals surface area (Å²) in [5.41, 5.74) is 12.7. The van der Waals surface area contributed by atoms with Crippen LogP contribution < -0.4 is 22.1 Å². The predicted molar refractivity (Wildman–Crippen MR) is 126 cm³/mol. The number of carbonyl (C=O) groups is 1. The highest BCUT2D eigenvalue weighted by atomic mass is 32.2. The number of phenols is 1. The van der Waals surface area contributed by atoms with E-state index in [0.29, 0.717) is 11.8 Å². The fourth-order valence-corrected chi connectivity index (χ4v) is 4.53. The van der Waals surface area contributed by atoms with Gasteiger partial charge in [0.05, 0.1) is 0 Å².